The van der Waals surface area contributed by atoms with E-state index in [2.05, 4.69) is 0 Å². The maximum atomic E-state index is 10.1. The average Bonchev–Trinajstić information content (AvgIpc) is 1.21. The average molecular weight is 154 g/mol. The van der Waals surface area contributed by atoms with Crippen LogP contribution in [-0.2, 0) is 10.1 Å². The standard InChI is InChI=1S/C4H10O2S2/c1-4(2,3)7-8(5)6/h1-3H3,(H,5,6). The lowest BCUT2D eigenvalue weighted by atomic mass is 10.3. The first-order chi connectivity index (χ1) is 3.42. The molecule has 0 fully saturated rings. The molecule has 4 heteroatoms. The molecule has 0 heterocycles. The first-order valence-corrected chi connectivity index (χ1v) is 4.66. The summed E-state index contributed by atoms with van der Waals surface area (Å²) in [5.41, 5.74) is 0. The van der Waals surface area contributed by atoms with Gasteiger partial charge < -0.3 is 0 Å². The van der Waals surface area contributed by atoms with Gasteiger partial charge in [0.2, 0.25) is 10.1 Å². The predicted molar refractivity (Wildman–Crippen MR) is 38.1 cm³/mol. The van der Waals surface area contributed by atoms with Gasteiger partial charge in [-0.3, -0.25) is 4.55 Å². The van der Waals surface area contributed by atoms with Crippen LogP contribution in [0, 0.1) is 0 Å². The summed E-state index contributed by atoms with van der Waals surface area (Å²) in [4.78, 5) is 0. The van der Waals surface area contributed by atoms with E-state index in [0.717, 1.165) is 10.8 Å². The molecule has 8 heavy (non-hydrogen) atoms. The van der Waals surface area contributed by atoms with Crippen molar-refractivity contribution in [3.05, 3.63) is 0 Å². The van der Waals surface area contributed by atoms with Gasteiger partial charge in [-0.25, -0.2) is 4.21 Å². The van der Waals surface area contributed by atoms with E-state index in [-0.39, 0.29) is 4.75 Å². The van der Waals surface area contributed by atoms with Crippen molar-refractivity contribution in [1.29, 1.82) is 0 Å². The van der Waals surface area contributed by atoms with Crippen LogP contribution < -0.4 is 0 Å². The Morgan fingerprint density at radius 2 is 1.88 bits per heavy atom. The van der Waals surface area contributed by atoms with Crippen molar-refractivity contribution in [3.63, 3.8) is 0 Å². The maximum Gasteiger partial charge on any atom is 0.216 e. The van der Waals surface area contributed by atoms with Crippen molar-refractivity contribution in [2.75, 3.05) is 0 Å². The highest BCUT2D eigenvalue weighted by Crippen LogP contribution is 2.24. The first-order valence-electron chi connectivity index (χ1n) is 2.22. The molecule has 1 unspecified atom stereocenters. The monoisotopic (exact) mass is 154 g/mol. The Labute approximate surface area is 55.7 Å². The van der Waals surface area contributed by atoms with Crippen LogP contribution in [-0.4, -0.2) is 13.5 Å². The molecular weight excluding hydrogens is 144 g/mol. The van der Waals surface area contributed by atoms with Crippen molar-refractivity contribution < 1.29 is 8.76 Å². The summed E-state index contributed by atoms with van der Waals surface area (Å²) in [6, 6.07) is 0. The van der Waals surface area contributed by atoms with E-state index in [1.54, 1.807) is 0 Å². The minimum absolute atomic E-state index is 0.111. The topological polar surface area (TPSA) is 37.3 Å². The third-order valence-electron chi connectivity index (χ3n) is 0.321. The summed E-state index contributed by atoms with van der Waals surface area (Å²) in [5, 5.41) is 0. The highest BCUT2D eigenvalue weighted by molar-refractivity contribution is 8.67. The zero-order valence-electron chi connectivity index (χ0n) is 5.17. The second kappa shape index (κ2) is 2.85. The van der Waals surface area contributed by atoms with Crippen LogP contribution in [0.5, 0.6) is 0 Å². The van der Waals surface area contributed by atoms with Gasteiger partial charge in [0, 0.05) is 4.75 Å². The van der Waals surface area contributed by atoms with E-state index in [4.69, 9.17) is 4.55 Å². The molecule has 0 aromatic carbocycles. The van der Waals surface area contributed by atoms with Gasteiger partial charge in [0.15, 0.2) is 0 Å². The minimum Gasteiger partial charge on any atom is -0.298 e. The quantitative estimate of drug-likeness (QED) is 0.461. The van der Waals surface area contributed by atoms with Gasteiger partial charge >= 0.3 is 0 Å². The fourth-order valence-corrected chi connectivity index (χ4v) is 1.92. The lowest BCUT2D eigenvalue weighted by Gasteiger charge is -2.12. The second-order valence-corrected chi connectivity index (χ2v) is 5.59. The third kappa shape index (κ3) is 6.46. The molecule has 0 aromatic heterocycles. The van der Waals surface area contributed by atoms with Crippen LogP contribution in [0.3, 0.4) is 0 Å². The number of hydrogen-bond donors (Lipinski definition) is 1. The molecule has 0 aromatic rings. The van der Waals surface area contributed by atoms with Gasteiger partial charge in [-0.1, -0.05) is 0 Å². The maximum absolute atomic E-state index is 10.1. The van der Waals surface area contributed by atoms with Gasteiger partial charge in [0.1, 0.15) is 0 Å². The molecule has 1 atom stereocenters. The lowest BCUT2D eigenvalue weighted by molar-refractivity contribution is 0.580. The summed E-state index contributed by atoms with van der Waals surface area (Å²) in [7, 11) is -0.679. The largest absolute Gasteiger partial charge is 0.298 e. The molecule has 0 bridgehead atoms. The minimum atomic E-state index is -1.72. The Morgan fingerprint density at radius 1 is 1.50 bits per heavy atom. The van der Waals surface area contributed by atoms with Crippen molar-refractivity contribution >= 4 is 20.9 Å². The van der Waals surface area contributed by atoms with Gasteiger partial charge in [-0.2, -0.15) is 0 Å². The summed E-state index contributed by atoms with van der Waals surface area (Å²) in [6.07, 6.45) is 0. The van der Waals surface area contributed by atoms with Crippen LogP contribution in [0.4, 0.5) is 0 Å². The summed E-state index contributed by atoms with van der Waals surface area (Å²) in [5.74, 6) is 0. The normalized spacial score (nSPS) is 16.0. The predicted octanol–water partition coefficient (Wildman–Crippen LogP) is 1.65. The summed E-state index contributed by atoms with van der Waals surface area (Å²) >= 11 is 0. The second-order valence-electron chi connectivity index (χ2n) is 2.41. The molecule has 0 aliphatic rings. The van der Waals surface area contributed by atoms with E-state index < -0.39 is 10.1 Å². The smallest absolute Gasteiger partial charge is 0.216 e. The van der Waals surface area contributed by atoms with Gasteiger partial charge in [-0.05, 0) is 31.6 Å². The van der Waals surface area contributed by atoms with Crippen LogP contribution in [0.2, 0.25) is 0 Å². The molecule has 0 saturated carbocycles. The molecule has 0 aliphatic carbocycles. The number of hydrogen-bond acceptors (Lipinski definition) is 2. The molecule has 0 radical (unpaired) electrons. The molecule has 50 valence electrons. The van der Waals surface area contributed by atoms with Gasteiger partial charge in [-0.15, -0.1) is 0 Å². The van der Waals surface area contributed by atoms with E-state index in [9.17, 15) is 4.21 Å². The van der Waals surface area contributed by atoms with Crippen molar-refractivity contribution in [2.45, 2.75) is 25.5 Å². The van der Waals surface area contributed by atoms with Crippen LogP contribution in [0.15, 0.2) is 0 Å². The molecule has 0 rings (SSSR count). The Hall–Kier alpha value is 0.460. The molecular formula is C4H10O2S2. The molecule has 1 N–H and O–H groups in total. The lowest BCUT2D eigenvalue weighted by Crippen LogP contribution is -2.08. The Balaban J connectivity index is 3.55. The fraction of sp³-hybridized carbons (Fsp3) is 1.00. The first kappa shape index (κ1) is 8.46. The zero-order chi connectivity index (χ0) is 6.78. The highest BCUT2D eigenvalue weighted by Gasteiger charge is 2.13. The molecule has 2 nitrogen and oxygen atoms in total. The van der Waals surface area contributed by atoms with E-state index >= 15 is 0 Å². The van der Waals surface area contributed by atoms with E-state index in [0.29, 0.717) is 0 Å². The van der Waals surface area contributed by atoms with Crippen molar-refractivity contribution in [2.24, 2.45) is 0 Å². The highest BCUT2D eigenvalue weighted by atomic mass is 33.1. The van der Waals surface area contributed by atoms with E-state index in [1.807, 2.05) is 20.8 Å². The molecule has 0 spiro atoms. The van der Waals surface area contributed by atoms with Crippen LogP contribution >= 0.6 is 10.8 Å². The van der Waals surface area contributed by atoms with Gasteiger partial charge in [0.05, 0.1) is 0 Å². The Kier molecular flexibility index (Phi) is 3.01. The van der Waals surface area contributed by atoms with Crippen molar-refractivity contribution in [3.8, 4) is 0 Å². The van der Waals surface area contributed by atoms with Crippen molar-refractivity contribution in [1.82, 2.24) is 0 Å². The van der Waals surface area contributed by atoms with Gasteiger partial charge in [0.25, 0.3) is 0 Å². The van der Waals surface area contributed by atoms with E-state index in [1.165, 1.54) is 0 Å². The molecule has 0 saturated heterocycles. The third-order valence-corrected chi connectivity index (χ3v) is 2.89. The van der Waals surface area contributed by atoms with Crippen LogP contribution in [0.1, 0.15) is 20.8 Å². The summed E-state index contributed by atoms with van der Waals surface area (Å²) < 4.78 is 18.3. The molecule has 0 amide bonds. The van der Waals surface area contributed by atoms with Crippen LogP contribution in [0.25, 0.3) is 0 Å². The molecule has 0 aliphatic heterocycles. The SMILES string of the molecule is CC(C)(C)SS(=O)O. The summed E-state index contributed by atoms with van der Waals surface area (Å²) in [6.45, 7) is 5.68. The Bertz CT molecular complexity index is 94.7. The Morgan fingerprint density at radius 3 is 1.88 bits per heavy atom. The number of rotatable bonds is 1. The zero-order valence-corrected chi connectivity index (χ0v) is 6.80. The fourth-order valence-electron chi connectivity index (χ4n) is 0.214.